The molecule has 0 radical (unpaired) electrons. The summed E-state index contributed by atoms with van der Waals surface area (Å²) in [4.78, 5) is 28.8. The van der Waals surface area contributed by atoms with Crippen molar-refractivity contribution in [1.82, 2.24) is 19.8 Å². The molecule has 0 bridgehead atoms. The first kappa shape index (κ1) is 17.9. The molecule has 2 aliphatic rings. The number of rotatable bonds is 3. The second-order valence-electron chi connectivity index (χ2n) is 7.30. The van der Waals surface area contributed by atoms with E-state index in [1.807, 2.05) is 24.0 Å². The molecule has 1 saturated heterocycles. The lowest BCUT2D eigenvalue weighted by atomic mass is 10.0. The van der Waals surface area contributed by atoms with Crippen LogP contribution >= 0.6 is 0 Å². The second kappa shape index (κ2) is 7.64. The predicted molar refractivity (Wildman–Crippen MR) is 107 cm³/mol. The van der Waals surface area contributed by atoms with E-state index in [2.05, 4.69) is 44.9 Å². The Kier molecular flexibility index (Phi) is 5.07. The van der Waals surface area contributed by atoms with Gasteiger partial charge in [0, 0.05) is 44.1 Å². The Hall–Kier alpha value is -2.47. The van der Waals surface area contributed by atoms with Crippen LogP contribution in [0.1, 0.15) is 35.1 Å². The van der Waals surface area contributed by atoms with E-state index in [1.165, 1.54) is 5.56 Å². The molecular formula is C21H27N5O. The fraction of sp³-hybridized carbons (Fsp3) is 0.476. The number of carbonyl (C=O) groups excluding carboxylic acids is 1. The summed E-state index contributed by atoms with van der Waals surface area (Å²) in [5.74, 6) is 0.653. The van der Waals surface area contributed by atoms with Crippen LogP contribution in [0.15, 0.2) is 30.3 Å². The number of likely N-dealkylation sites (N-methyl/N-ethyl adjacent to an activating group) is 1. The number of piperazine rings is 1. The van der Waals surface area contributed by atoms with Gasteiger partial charge in [-0.1, -0.05) is 25.1 Å². The second-order valence-corrected chi connectivity index (χ2v) is 7.30. The van der Waals surface area contributed by atoms with E-state index >= 15 is 0 Å². The fourth-order valence-electron chi connectivity index (χ4n) is 3.95. The van der Waals surface area contributed by atoms with E-state index in [1.54, 1.807) is 0 Å². The zero-order valence-corrected chi connectivity index (χ0v) is 16.2. The molecular weight excluding hydrogens is 338 g/mol. The summed E-state index contributed by atoms with van der Waals surface area (Å²) in [6, 6.07) is 10.2. The van der Waals surface area contributed by atoms with Gasteiger partial charge < -0.3 is 14.7 Å². The molecule has 0 unspecified atom stereocenters. The average molecular weight is 365 g/mol. The zero-order chi connectivity index (χ0) is 18.8. The standard InChI is InChI=1S/C21H27N5O/c1-3-24-11-13-25(14-12-24)20(27)18-15-16(2)22-21(23-18)26-10-6-8-17-7-4-5-9-19(17)26/h4-5,7,9,15H,3,6,8,10-14H2,1-2H3. The van der Waals surface area contributed by atoms with E-state index in [9.17, 15) is 4.79 Å². The number of aryl methyl sites for hydroxylation is 2. The molecule has 142 valence electrons. The van der Waals surface area contributed by atoms with Crippen LogP contribution < -0.4 is 4.90 Å². The largest absolute Gasteiger partial charge is 0.335 e. The molecule has 6 nitrogen and oxygen atoms in total. The van der Waals surface area contributed by atoms with Crippen LogP contribution in [0, 0.1) is 6.92 Å². The van der Waals surface area contributed by atoms with Crippen molar-refractivity contribution in [3.05, 3.63) is 47.3 Å². The predicted octanol–water partition coefficient (Wildman–Crippen LogP) is 2.65. The van der Waals surface area contributed by atoms with E-state index in [0.29, 0.717) is 11.6 Å². The maximum absolute atomic E-state index is 13.0. The summed E-state index contributed by atoms with van der Waals surface area (Å²) < 4.78 is 0. The normalized spacial score (nSPS) is 17.7. The lowest BCUT2D eigenvalue weighted by Crippen LogP contribution is -2.48. The molecule has 1 aromatic heterocycles. The van der Waals surface area contributed by atoms with Crippen LogP contribution in [0.5, 0.6) is 0 Å². The van der Waals surface area contributed by atoms with E-state index < -0.39 is 0 Å². The van der Waals surface area contributed by atoms with Gasteiger partial charge in [-0.25, -0.2) is 9.97 Å². The van der Waals surface area contributed by atoms with Crippen LogP contribution in [0.2, 0.25) is 0 Å². The van der Waals surface area contributed by atoms with Crippen molar-refractivity contribution in [2.45, 2.75) is 26.7 Å². The summed E-state index contributed by atoms with van der Waals surface area (Å²) in [6.45, 7) is 9.39. The number of anilines is 2. The minimum Gasteiger partial charge on any atom is -0.335 e. The Morgan fingerprint density at radius 3 is 2.63 bits per heavy atom. The third kappa shape index (κ3) is 3.67. The fourth-order valence-corrected chi connectivity index (χ4v) is 3.95. The highest BCUT2D eigenvalue weighted by Crippen LogP contribution is 2.31. The van der Waals surface area contributed by atoms with Crippen LogP contribution in [-0.4, -0.2) is 64.9 Å². The number of fused-ring (bicyclic) bond motifs is 1. The van der Waals surface area contributed by atoms with Crippen LogP contribution in [0.25, 0.3) is 0 Å². The number of carbonyl (C=O) groups is 1. The Labute approximate surface area is 160 Å². The SMILES string of the molecule is CCN1CCN(C(=O)c2cc(C)nc(N3CCCc4ccccc43)n2)CC1. The first-order chi connectivity index (χ1) is 13.2. The van der Waals surface area contributed by atoms with Gasteiger partial charge in [-0.2, -0.15) is 0 Å². The third-order valence-electron chi connectivity index (χ3n) is 5.52. The smallest absolute Gasteiger partial charge is 0.272 e. The quantitative estimate of drug-likeness (QED) is 0.837. The number of hydrogen-bond acceptors (Lipinski definition) is 5. The van der Waals surface area contributed by atoms with Crippen molar-refractivity contribution in [3.8, 4) is 0 Å². The van der Waals surface area contributed by atoms with Crippen LogP contribution in [0.4, 0.5) is 11.6 Å². The molecule has 0 spiro atoms. The molecule has 0 saturated carbocycles. The zero-order valence-electron chi connectivity index (χ0n) is 16.2. The van der Waals surface area contributed by atoms with Crippen molar-refractivity contribution in [1.29, 1.82) is 0 Å². The highest BCUT2D eigenvalue weighted by atomic mass is 16.2. The number of hydrogen-bond donors (Lipinski definition) is 0. The molecule has 0 aliphatic carbocycles. The number of benzene rings is 1. The molecule has 2 aromatic rings. The molecule has 1 aromatic carbocycles. The van der Waals surface area contributed by atoms with Crippen molar-refractivity contribution < 1.29 is 4.79 Å². The first-order valence-corrected chi connectivity index (χ1v) is 9.88. The highest BCUT2D eigenvalue weighted by Gasteiger charge is 2.25. The Balaban J connectivity index is 1.60. The van der Waals surface area contributed by atoms with E-state index in [4.69, 9.17) is 0 Å². The molecule has 1 amide bonds. The Morgan fingerprint density at radius 2 is 1.85 bits per heavy atom. The number of aromatic nitrogens is 2. The summed E-state index contributed by atoms with van der Waals surface area (Å²) in [6.07, 6.45) is 2.14. The summed E-state index contributed by atoms with van der Waals surface area (Å²) in [5, 5.41) is 0. The Morgan fingerprint density at radius 1 is 1.07 bits per heavy atom. The van der Waals surface area contributed by atoms with Gasteiger partial charge in [0.15, 0.2) is 0 Å². The van der Waals surface area contributed by atoms with Gasteiger partial charge in [-0.05, 0) is 44.0 Å². The summed E-state index contributed by atoms with van der Waals surface area (Å²) in [5.41, 5.74) is 3.81. The van der Waals surface area contributed by atoms with Crippen molar-refractivity contribution >= 4 is 17.5 Å². The monoisotopic (exact) mass is 365 g/mol. The molecule has 1 fully saturated rings. The molecule has 2 aliphatic heterocycles. The van der Waals surface area contributed by atoms with E-state index in [0.717, 1.165) is 63.5 Å². The minimum atomic E-state index is 0.0165. The van der Waals surface area contributed by atoms with Gasteiger partial charge in [0.1, 0.15) is 5.69 Å². The number of para-hydroxylation sites is 1. The highest BCUT2D eigenvalue weighted by molar-refractivity contribution is 5.93. The average Bonchev–Trinajstić information content (AvgIpc) is 2.72. The molecule has 6 heteroatoms. The number of nitrogens with zero attached hydrogens (tertiary/aromatic N) is 5. The maximum atomic E-state index is 13.0. The topological polar surface area (TPSA) is 52.6 Å². The van der Waals surface area contributed by atoms with Gasteiger partial charge in [0.2, 0.25) is 5.95 Å². The van der Waals surface area contributed by atoms with Gasteiger partial charge in [-0.15, -0.1) is 0 Å². The molecule has 0 atom stereocenters. The van der Waals surface area contributed by atoms with Gasteiger partial charge in [0.05, 0.1) is 0 Å². The van der Waals surface area contributed by atoms with Gasteiger partial charge in [-0.3, -0.25) is 4.79 Å². The molecule has 3 heterocycles. The summed E-state index contributed by atoms with van der Waals surface area (Å²) in [7, 11) is 0. The van der Waals surface area contributed by atoms with Gasteiger partial charge >= 0.3 is 0 Å². The molecule has 0 N–H and O–H groups in total. The van der Waals surface area contributed by atoms with Crippen molar-refractivity contribution in [2.75, 3.05) is 44.2 Å². The Bertz CT molecular complexity index is 829. The molecule has 4 rings (SSSR count). The lowest BCUT2D eigenvalue weighted by Gasteiger charge is -2.34. The molecule has 27 heavy (non-hydrogen) atoms. The third-order valence-corrected chi connectivity index (χ3v) is 5.52. The van der Waals surface area contributed by atoms with Crippen LogP contribution in [-0.2, 0) is 6.42 Å². The van der Waals surface area contributed by atoms with Crippen molar-refractivity contribution in [2.24, 2.45) is 0 Å². The lowest BCUT2D eigenvalue weighted by molar-refractivity contribution is 0.0637. The van der Waals surface area contributed by atoms with Gasteiger partial charge in [0.25, 0.3) is 5.91 Å². The minimum absolute atomic E-state index is 0.0165. The van der Waals surface area contributed by atoms with Crippen LogP contribution in [0.3, 0.4) is 0 Å². The number of amides is 1. The van der Waals surface area contributed by atoms with E-state index in [-0.39, 0.29) is 5.91 Å². The first-order valence-electron chi connectivity index (χ1n) is 9.88. The van der Waals surface area contributed by atoms with Crippen molar-refractivity contribution in [3.63, 3.8) is 0 Å². The maximum Gasteiger partial charge on any atom is 0.272 e. The summed E-state index contributed by atoms with van der Waals surface area (Å²) >= 11 is 0.